The van der Waals surface area contributed by atoms with E-state index < -0.39 is 76.4 Å². The average Bonchev–Trinajstić information content (AvgIpc) is 1.67. The van der Waals surface area contributed by atoms with Crippen molar-refractivity contribution in [2.75, 3.05) is 26.6 Å². The molecule has 143 heavy (non-hydrogen) atoms. The monoisotopic (exact) mass is 2010 g/mol. The highest BCUT2D eigenvalue weighted by molar-refractivity contribution is 7.11. The highest BCUT2D eigenvalue weighted by Gasteiger charge is 2.35. The lowest BCUT2D eigenvalue weighted by Gasteiger charge is -2.08. The van der Waals surface area contributed by atoms with Crippen molar-refractivity contribution >= 4 is 136 Å². The summed E-state index contributed by atoms with van der Waals surface area (Å²) >= 11 is 2.60. The molecule has 0 fully saturated rings. The fourth-order valence-electron chi connectivity index (χ4n) is 14.6. The summed E-state index contributed by atoms with van der Waals surface area (Å²) in [6.07, 6.45) is -16.8. The number of carbonyl (C=O) groups excluding carboxylic acids is 5. The third-order valence-electron chi connectivity index (χ3n) is 21.7. The summed E-state index contributed by atoms with van der Waals surface area (Å²) in [5.74, 6) is -0.259. The quantitative estimate of drug-likeness (QED) is 0.0442. The number of hydrogen-bond acceptors (Lipinski definition) is 21. The Balaban J connectivity index is 0.000000128. The zero-order chi connectivity index (χ0) is 101. The molecule has 0 spiro atoms. The van der Waals surface area contributed by atoms with E-state index in [0.717, 1.165) is 104 Å². The van der Waals surface area contributed by atoms with E-state index in [2.05, 4.69) is 87.1 Å². The van der Waals surface area contributed by atoms with Crippen LogP contribution in [0.4, 0.5) is 94.9 Å². The topological polar surface area (TPSA) is 351 Å². The van der Waals surface area contributed by atoms with Crippen LogP contribution in [0.5, 0.6) is 0 Å². The number of amides is 5. The van der Waals surface area contributed by atoms with E-state index in [-0.39, 0.29) is 56.0 Å². The number of aromatic nitrogens is 16. The summed E-state index contributed by atoms with van der Waals surface area (Å²) in [5, 5.41) is 50.0. The average molecular weight is 2010 g/mol. The summed E-state index contributed by atoms with van der Waals surface area (Å²) in [4.78, 5) is 75.1. The van der Waals surface area contributed by atoms with Gasteiger partial charge in [-0.1, -0.05) is 132 Å². The van der Waals surface area contributed by atoms with Crippen molar-refractivity contribution in [3.8, 4) is 0 Å². The second-order valence-electron chi connectivity index (χ2n) is 31.4. The van der Waals surface area contributed by atoms with Crippen molar-refractivity contribution in [2.45, 2.75) is 84.4 Å². The van der Waals surface area contributed by atoms with Crippen LogP contribution in [0.2, 0.25) is 0 Å². The number of halogens is 15. The van der Waals surface area contributed by atoms with Gasteiger partial charge in [0.2, 0.25) is 5.76 Å². The standard InChI is InChI=1S/2C20H15F3N4O2.C20H15F3N4OS.C19H13F3N4OS.C18H12F3N5O2/c1-12-16(11-29-26-12)19(28)24-18-15-4-2-3-5-17(15)27(25-18)10-13-6-8-14(9-7-13)20(21,22)23;1-12-17(29-11-24-12)19(28)25-18-15-4-2-3-5-16(15)27(26-18)10-13-6-8-14(9-7-13)20(21,22)23;1-12-17(24-11-29-12)19(28)25-18-15-4-2-3-5-16(15)27(26-18)10-13-6-8-14(9-7-13)20(21,22)23;20-19(21,22)13-7-5-12(6-8-13)10-26-15-4-2-1-3-14(15)17(25-26)24-18(27)16-9-23-11-28-16;19-18(20,21)12-7-5-11(6-8-12)10-26-15-4-2-1-3-13(15)16(24-26)23-17(27)14-9-22-28-25-14/h2-9,11H,10H2,1H3,(H,24,25,28);2*2-9,11H,10H2,1H3,(H,25,26,28);1-9,11H,10H2,(H,24,25,27);1-9H,10H2,(H,23,24,27). The van der Waals surface area contributed by atoms with Gasteiger partial charge >= 0.3 is 30.9 Å². The Labute approximate surface area is 803 Å². The largest absolute Gasteiger partial charge is 0.438 e. The van der Waals surface area contributed by atoms with Crippen LogP contribution >= 0.6 is 22.7 Å². The molecule has 46 heteroatoms. The van der Waals surface area contributed by atoms with Crippen LogP contribution in [0.3, 0.4) is 0 Å². The summed E-state index contributed by atoms with van der Waals surface area (Å²) in [7, 11) is 0. The molecule has 5 N–H and O–H groups in total. The number of anilines is 5. The fourth-order valence-corrected chi connectivity index (χ4v) is 15.6. The maximum atomic E-state index is 12.8. The van der Waals surface area contributed by atoms with Crippen LogP contribution in [0.1, 0.15) is 123 Å². The molecular formula is C97H70F15N21O8S2. The van der Waals surface area contributed by atoms with E-state index in [1.54, 1.807) is 78.6 Å². The number of para-hydroxylation sites is 5. The number of thiazole rings is 2. The second kappa shape index (κ2) is 41.8. The van der Waals surface area contributed by atoms with Gasteiger partial charge in [0, 0.05) is 31.8 Å². The van der Waals surface area contributed by atoms with Crippen LogP contribution in [0.25, 0.3) is 54.5 Å². The number of rotatable bonds is 20. The molecule has 0 bridgehead atoms. The Hall–Kier alpha value is -17.3. The van der Waals surface area contributed by atoms with Gasteiger partial charge in [0.25, 0.3) is 29.5 Å². The van der Waals surface area contributed by atoms with E-state index in [0.29, 0.717) is 101 Å². The van der Waals surface area contributed by atoms with Crippen LogP contribution in [-0.4, -0.2) is 109 Å². The minimum Gasteiger partial charge on any atom is -0.438 e. The zero-order valence-electron chi connectivity index (χ0n) is 74.0. The molecule has 728 valence electrons. The number of hydrogen-bond donors (Lipinski definition) is 5. The number of aryl methyl sites for hydroxylation is 3. The first-order valence-electron chi connectivity index (χ1n) is 42.3. The molecule has 0 saturated heterocycles. The maximum Gasteiger partial charge on any atom is 0.416 e. The van der Waals surface area contributed by atoms with E-state index >= 15 is 0 Å². The number of nitrogens with one attached hydrogen (secondary N) is 5. The highest BCUT2D eigenvalue weighted by atomic mass is 32.1. The van der Waals surface area contributed by atoms with Crippen molar-refractivity contribution in [1.82, 2.24) is 79.3 Å². The summed E-state index contributed by atoms with van der Waals surface area (Å²) in [6, 6.07) is 60.9. The van der Waals surface area contributed by atoms with Gasteiger partial charge in [-0.05, 0) is 175 Å². The molecule has 0 aliphatic carbocycles. The van der Waals surface area contributed by atoms with E-state index in [1.807, 2.05) is 97.9 Å². The van der Waals surface area contributed by atoms with Gasteiger partial charge in [-0.15, -0.1) is 22.7 Å². The van der Waals surface area contributed by atoms with E-state index in [4.69, 9.17) is 8.94 Å². The van der Waals surface area contributed by atoms with Gasteiger partial charge in [-0.25, -0.2) is 14.6 Å². The van der Waals surface area contributed by atoms with Crippen molar-refractivity contribution < 1.29 is 103 Å². The van der Waals surface area contributed by atoms with Crippen LogP contribution in [-0.2, 0) is 63.6 Å². The van der Waals surface area contributed by atoms with Crippen molar-refractivity contribution in [2.24, 2.45) is 0 Å². The first-order chi connectivity index (χ1) is 68.3. The molecule has 5 amide bonds. The number of nitrogens with zero attached hydrogens (tertiary/aromatic N) is 16. The molecule has 0 atom stereocenters. The van der Waals surface area contributed by atoms with E-state index in [1.165, 1.54) is 108 Å². The fraction of sp³-hybridized carbons (Fsp3) is 0.134. The SMILES string of the molecule is Cc1ncoc1C(=O)Nc1nn(Cc2ccc(C(F)(F)F)cc2)c2ccccc12.Cc1nocc1C(=O)Nc1nn(Cc2ccc(C(F)(F)F)cc2)c2ccccc12.Cc1scnc1C(=O)Nc1nn(Cc2ccc(C(F)(F)F)cc2)c2ccccc12.O=C(Nc1nn(Cc2ccc(C(F)(F)F)cc2)c2ccccc12)c1cncs1.O=C(Nc1nn(Cc2ccc(C(F)(F)F)cc2)c2ccccc12)c1cnon1. The molecule has 0 saturated carbocycles. The molecule has 0 aliphatic rings. The number of oxazole rings is 1. The van der Waals surface area contributed by atoms with Crippen molar-refractivity contribution in [3.05, 3.63) is 378 Å². The number of alkyl halides is 15. The van der Waals surface area contributed by atoms with Crippen LogP contribution in [0, 0.1) is 20.8 Å². The minimum atomic E-state index is -4.38. The summed E-state index contributed by atoms with van der Waals surface area (Å²) < 4.78 is 214. The molecule has 10 heterocycles. The smallest absolute Gasteiger partial charge is 0.416 e. The third-order valence-corrected chi connectivity index (χ3v) is 23.2. The molecule has 0 radical (unpaired) electrons. The highest BCUT2D eigenvalue weighted by Crippen LogP contribution is 2.38. The van der Waals surface area contributed by atoms with Gasteiger partial charge < -0.3 is 35.5 Å². The first kappa shape index (κ1) is 98.7. The Morgan fingerprint density at radius 1 is 0.336 bits per heavy atom. The Kier molecular flexibility index (Phi) is 28.8. The number of benzene rings is 10. The summed E-state index contributed by atoms with van der Waals surface area (Å²) in [5.41, 5.74) is 8.20. The molecule has 10 aromatic carbocycles. The predicted molar refractivity (Wildman–Crippen MR) is 497 cm³/mol. The molecule has 20 aromatic rings. The Bertz CT molecular complexity index is 7300. The predicted octanol–water partition coefficient (Wildman–Crippen LogP) is 23.0. The van der Waals surface area contributed by atoms with Gasteiger partial charge in [0.05, 0.1) is 117 Å². The molecule has 0 aliphatic heterocycles. The second-order valence-corrected chi connectivity index (χ2v) is 33.3. The molecule has 0 unspecified atom stereocenters. The van der Waals surface area contributed by atoms with Crippen LogP contribution < -0.4 is 26.6 Å². The Morgan fingerprint density at radius 2 is 0.650 bits per heavy atom. The lowest BCUT2D eigenvalue weighted by Crippen LogP contribution is -2.14. The Morgan fingerprint density at radius 3 is 0.923 bits per heavy atom. The normalized spacial score (nSPS) is 11.7. The van der Waals surface area contributed by atoms with Crippen molar-refractivity contribution in [1.29, 1.82) is 0 Å². The molecular weight excluding hydrogens is 1940 g/mol. The lowest BCUT2D eigenvalue weighted by molar-refractivity contribution is -0.138. The third kappa shape index (κ3) is 23.6. The summed E-state index contributed by atoms with van der Waals surface area (Å²) in [6.45, 7) is 6.39. The van der Waals surface area contributed by atoms with E-state index in [9.17, 15) is 89.8 Å². The lowest BCUT2D eigenvalue weighted by atomic mass is 10.1. The maximum absolute atomic E-state index is 12.8. The molecule has 29 nitrogen and oxygen atoms in total. The van der Waals surface area contributed by atoms with Gasteiger partial charge in [0.15, 0.2) is 41.2 Å². The zero-order valence-corrected chi connectivity index (χ0v) is 75.6. The van der Waals surface area contributed by atoms with Gasteiger partial charge in [-0.2, -0.15) is 91.3 Å². The van der Waals surface area contributed by atoms with Crippen molar-refractivity contribution in [3.63, 3.8) is 0 Å². The van der Waals surface area contributed by atoms with Crippen LogP contribution in [0.15, 0.2) is 292 Å². The first-order valence-corrected chi connectivity index (χ1v) is 44.1. The molecule has 10 aromatic heterocycles. The number of fused-ring (bicyclic) bond motifs is 5. The van der Waals surface area contributed by atoms with Gasteiger partial charge in [0.1, 0.15) is 28.6 Å². The van der Waals surface area contributed by atoms with Gasteiger partial charge in [-0.3, -0.25) is 52.4 Å². The molecule has 20 rings (SSSR count). The number of carbonyl (C=O) groups is 5. The minimum absolute atomic E-state index is 0.00127.